The Morgan fingerprint density at radius 2 is 2.18 bits per heavy atom. The van der Waals surface area contributed by atoms with Crippen LogP contribution in [-0.2, 0) is 4.74 Å². The Kier molecular flexibility index (Phi) is 4.83. The van der Waals surface area contributed by atoms with Crippen molar-refractivity contribution in [2.24, 2.45) is 17.1 Å². The van der Waals surface area contributed by atoms with Crippen LogP contribution in [0.1, 0.15) is 38.5 Å². The molecule has 2 N–H and O–H groups in total. The van der Waals surface area contributed by atoms with Crippen molar-refractivity contribution in [3.8, 4) is 0 Å². The zero-order chi connectivity index (χ0) is 12.1. The molecule has 1 heterocycles. The summed E-state index contributed by atoms with van der Waals surface area (Å²) < 4.78 is 5.54. The molecule has 0 spiro atoms. The first-order valence-corrected chi connectivity index (χ1v) is 7.20. The minimum atomic E-state index is 0.497. The standard InChI is InChI=1S/C14H28N2O/c1-16(10-13-4-2-9-17-11-13)8-7-14(12-15)5-3-6-14/h13H,2-12,15H2,1H3. The molecule has 2 rings (SSSR count). The zero-order valence-electron chi connectivity index (χ0n) is 11.3. The lowest BCUT2D eigenvalue weighted by atomic mass is 9.66. The molecular weight excluding hydrogens is 212 g/mol. The van der Waals surface area contributed by atoms with Gasteiger partial charge in [0.25, 0.3) is 0 Å². The van der Waals surface area contributed by atoms with E-state index in [1.165, 1.54) is 51.6 Å². The van der Waals surface area contributed by atoms with Gasteiger partial charge >= 0.3 is 0 Å². The van der Waals surface area contributed by atoms with E-state index >= 15 is 0 Å². The van der Waals surface area contributed by atoms with Gasteiger partial charge in [0.15, 0.2) is 0 Å². The summed E-state index contributed by atoms with van der Waals surface area (Å²) in [6.45, 7) is 5.21. The van der Waals surface area contributed by atoms with E-state index in [-0.39, 0.29) is 0 Å². The Morgan fingerprint density at radius 3 is 2.71 bits per heavy atom. The van der Waals surface area contributed by atoms with Crippen molar-refractivity contribution in [3.05, 3.63) is 0 Å². The maximum absolute atomic E-state index is 5.90. The van der Waals surface area contributed by atoms with Crippen molar-refractivity contribution in [3.63, 3.8) is 0 Å². The third-order valence-electron chi connectivity index (χ3n) is 4.70. The highest BCUT2D eigenvalue weighted by atomic mass is 16.5. The molecule has 0 bridgehead atoms. The lowest BCUT2D eigenvalue weighted by Gasteiger charge is -2.42. The summed E-state index contributed by atoms with van der Waals surface area (Å²) in [5.74, 6) is 0.754. The van der Waals surface area contributed by atoms with E-state index in [4.69, 9.17) is 10.5 Å². The average molecular weight is 240 g/mol. The van der Waals surface area contributed by atoms with Crippen LogP contribution >= 0.6 is 0 Å². The van der Waals surface area contributed by atoms with Crippen molar-refractivity contribution >= 4 is 0 Å². The van der Waals surface area contributed by atoms with E-state index in [9.17, 15) is 0 Å². The molecule has 1 aliphatic carbocycles. The average Bonchev–Trinajstić information content (AvgIpc) is 2.29. The first-order chi connectivity index (χ1) is 8.24. The Balaban J connectivity index is 1.64. The lowest BCUT2D eigenvalue weighted by Crippen LogP contribution is -2.41. The lowest BCUT2D eigenvalue weighted by molar-refractivity contribution is 0.0375. The Hall–Kier alpha value is -0.120. The fourth-order valence-corrected chi connectivity index (χ4v) is 3.14. The van der Waals surface area contributed by atoms with Crippen molar-refractivity contribution in [2.75, 3.05) is 39.9 Å². The third-order valence-corrected chi connectivity index (χ3v) is 4.70. The van der Waals surface area contributed by atoms with Crippen LogP contribution < -0.4 is 5.73 Å². The largest absolute Gasteiger partial charge is 0.381 e. The molecule has 2 fully saturated rings. The summed E-state index contributed by atoms with van der Waals surface area (Å²) in [5.41, 5.74) is 6.40. The van der Waals surface area contributed by atoms with Gasteiger partial charge in [-0.05, 0) is 63.6 Å². The highest BCUT2D eigenvalue weighted by molar-refractivity contribution is 4.89. The number of nitrogens with zero attached hydrogens (tertiary/aromatic N) is 1. The molecule has 3 nitrogen and oxygen atoms in total. The summed E-state index contributed by atoms with van der Waals surface area (Å²) in [6.07, 6.45) is 7.95. The van der Waals surface area contributed by atoms with Gasteiger partial charge < -0.3 is 15.4 Å². The Bertz CT molecular complexity index is 217. The highest BCUT2D eigenvalue weighted by Gasteiger charge is 2.35. The summed E-state index contributed by atoms with van der Waals surface area (Å²) in [7, 11) is 2.25. The van der Waals surface area contributed by atoms with Gasteiger partial charge in [-0.25, -0.2) is 0 Å². The maximum Gasteiger partial charge on any atom is 0.0506 e. The van der Waals surface area contributed by atoms with Gasteiger partial charge in [-0.2, -0.15) is 0 Å². The highest BCUT2D eigenvalue weighted by Crippen LogP contribution is 2.42. The molecule has 1 saturated heterocycles. The Morgan fingerprint density at radius 1 is 1.35 bits per heavy atom. The van der Waals surface area contributed by atoms with E-state index in [0.29, 0.717) is 5.41 Å². The normalized spacial score (nSPS) is 28.1. The van der Waals surface area contributed by atoms with Crippen molar-refractivity contribution < 1.29 is 4.74 Å². The monoisotopic (exact) mass is 240 g/mol. The molecule has 0 aromatic heterocycles. The number of rotatable bonds is 6. The number of hydrogen-bond donors (Lipinski definition) is 1. The van der Waals surface area contributed by atoms with E-state index < -0.39 is 0 Å². The van der Waals surface area contributed by atoms with Crippen LogP contribution in [0.3, 0.4) is 0 Å². The molecular formula is C14H28N2O. The molecule has 1 saturated carbocycles. The molecule has 100 valence electrons. The van der Waals surface area contributed by atoms with E-state index in [1.807, 2.05) is 0 Å². The molecule has 0 aromatic rings. The second-order valence-corrected chi connectivity index (χ2v) is 6.15. The number of nitrogens with two attached hydrogens (primary N) is 1. The first kappa shape index (κ1) is 13.3. The molecule has 3 heteroatoms. The smallest absolute Gasteiger partial charge is 0.0506 e. The van der Waals surface area contributed by atoms with E-state index in [2.05, 4.69) is 11.9 Å². The van der Waals surface area contributed by atoms with Gasteiger partial charge in [-0.1, -0.05) is 6.42 Å². The van der Waals surface area contributed by atoms with E-state index in [1.54, 1.807) is 0 Å². The van der Waals surface area contributed by atoms with Gasteiger partial charge in [-0.3, -0.25) is 0 Å². The first-order valence-electron chi connectivity index (χ1n) is 7.20. The van der Waals surface area contributed by atoms with Crippen LogP contribution in [0, 0.1) is 11.3 Å². The van der Waals surface area contributed by atoms with Crippen LogP contribution in [0.4, 0.5) is 0 Å². The SMILES string of the molecule is CN(CCC1(CN)CCC1)CC1CCCOC1. The topological polar surface area (TPSA) is 38.5 Å². The van der Waals surface area contributed by atoms with Gasteiger partial charge in [0.05, 0.1) is 6.61 Å². The van der Waals surface area contributed by atoms with Crippen LogP contribution in [-0.4, -0.2) is 44.8 Å². The van der Waals surface area contributed by atoms with Crippen molar-refractivity contribution in [1.82, 2.24) is 4.90 Å². The molecule has 2 aliphatic rings. The minimum Gasteiger partial charge on any atom is -0.381 e. The molecule has 0 amide bonds. The van der Waals surface area contributed by atoms with Crippen molar-refractivity contribution in [2.45, 2.75) is 38.5 Å². The molecule has 1 unspecified atom stereocenters. The fourth-order valence-electron chi connectivity index (χ4n) is 3.14. The maximum atomic E-state index is 5.90. The zero-order valence-corrected chi connectivity index (χ0v) is 11.3. The molecule has 0 radical (unpaired) electrons. The quantitative estimate of drug-likeness (QED) is 0.770. The van der Waals surface area contributed by atoms with Gasteiger partial charge in [0.1, 0.15) is 0 Å². The number of ether oxygens (including phenoxy) is 1. The van der Waals surface area contributed by atoms with Gasteiger partial charge in [0.2, 0.25) is 0 Å². The third kappa shape index (κ3) is 3.67. The molecule has 1 aliphatic heterocycles. The summed E-state index contributed by atoms with van der Waals surface area (Å²) in [6, 6.07) is 0. The van der Waals surface area contributed by atoms with Crippen molar-refractivity contribution in [1.29, 1.82) is 0 Å². The van der Waals surface area contributed by atoms with E-state index in [0.717, 1.165) is 25.7 Å². The predicted octanol–water partition coefficient (Wildman–Crippen LogP) is 1.86. The van der Waals surface area contributed by atoms with Crippen LogP contribution in [0.2, 0.25) is 0 Å². The summed E-state index contributed by atoms with van der Waals surface area (Å²) in [5, 5.41) is 0. The minimum absolute atomic E-state index is 0.497. The molecule has 17 heavy (non-hydrogen) atoms. The number of hydrogen-bond acceptors (Lipinski definition) is 3. The van der Waals surface area contributed by atoms with Gasteiger partial charge in [0, 0.05) is 13.2 Å². The van der Waals surface area contributed by atoms with Crippen LogP contribution in [0.25, 0.3) is 0 Å². The van der Waals surface area contributed by atoms with Crippen LogP contribution in [0.5, 0.6) is 0 Å². The predicted molar refractivity (Wildman–Crippen MR) is 71.0 cm³/mol. The second kappa shape index (κ2) is 6.17. The van der Waals surface area contributed by atoms with Gasteiger partial charge in [-0.15, -0.1) is 0 Å². The molecule has 0 aromatic carbocycles. The second-order valence-electron chi connectivity index (χ2n) is 6.15. The Labute approximate surface area is 106 Å². The summed E-state index contributed by atoms with van der Waals surface area (Å²) >= 11 is 0. The molecule has 1 atom stereocenters. The fraction of sp³-hybridized carbons (Fsp3) is 1.00. The summed E-state index contributed by atoms with van der Waals surface area (Å²) in [4.78, 5) is 2.48. The van der Waals surface area contributed by atoms with Crippen LogP contribution in [0.15, 0.2) is 0 Å².